The summed E-state index contributed by atoms with van der Waals surface area (Å²) in [4.78, 5) is 43.3. The van der Waals surface area contributed by atoms with Gasteiger partial charge in [0.25, 0.3) is 0 Å². The lowest BCUT2D eigenvalue weighted by molar-refractivity contribution is -0.146. The number of likely N-dealkylation sites (N-methyl/N-ethyl adjacent to an activating group) is 1. The number of hydrogen-bond donors (Lipinski definition) is 2. The Morgan fingerprint density at radius 3 is 2.47 bits per heavy atom. The minimum absolute atomic E-state index is 0.0618. The minimum Gasteiger partial charge on any atom is -0.343 e. The molecule has 7 nitrogen and oxygen atoms in total. The molecule has 2 N–H and O–H groups in total. The zero-order chi connectivity index (χ0) is 23.3. The van der Waals surface area contributed by atoms with Crippen molar-refractivity contribution < 1.29 is 14.4 Å². The molecule has 2 fully saturated rings. The highest BCUT2D eigenvalue weighted by molar-refractivity contribution is 5.93. The quantitative estimate of drug-likeness (QED) is 0.644. The minimum atomic E-state index is -0.633. The summed E-state index contributed by atoms with van der Waals surface area (Å²) in [6.45, 7) is 7.61. The molecule has 2 aliphatic rings. The maximum Gasteiger partial charge on any atom is 0.246 e. The molecule has 0 aliphatic carbocycles. The molecular weight excluding hydrogens is 404 g/mol. The molecule has 0 spiro atoms. The van der Waals surface area contributed by atoms with Gasteiger partial charge in [-0.1, -0.05) is 44.2 Å². The van der Waals surface area contributed by atoms with Crippen LogP contribution >= 0.6 is 0 Å². The number of hydrogen-bond acceptors (Lipinski definition) is 4. The van der Waals surface area contributed by atoms with Crippen molar-refractivity contribution in [2.45, 2.75) is 64.6 Å². The second-order valence-corrected chi connectivity index (χ2v) is 9.47. The maximum absolute atomic E-state index is 13.6. The molecule has 2 aliphatic heterocycles. The van der Waals surface area contributed by atoms with Gasteiger partial charge in [0.2, 0.25) is 17.7 Å². The van der Waals surface area contributed by atoms with Crippen LogP contribution in [0.15, 0.2) is 30.3 Å². The van der Waals surface area contributed by atoms with Gasteiger partial charge in [-0.05, 0) is 57.1 Å². The van der Waals surface area contributed by atoms with Gasteiger partial charge in [0, 0.05) is 19.6 Å². The highest BCUT2D eigenvalue weighted by Gasteiger charge is 2.46. The number of nitrogens with one attached hydrogen (secondary N) is 2. The van der Waals surface area contributed by atoms with E-state index >= 15 is 0 Å². The van der Waals surface area contributed by atoms with E-state index in [0.29, 0.717) is 13.1 Å². The zero-order valence-electron chi connectivity index (χ0n) is 19.8. The number of carbonyl (C=O) groups is 3. The number of carbonyl (C=O) groups excluding carboxylic acids is 3. The monoisotopic (exact) mass is 442 g/mol. The lowest BCUT2D eigenvalue weighted by Gasteiger charge is -2.34. The Kier molecular flexibility index (Phi) is 8.29. The molecule has 2 heterocycles. The van der Waals surface area contributed by atoms with Crippen LogP contribution in [0.5, 0.6) is 0 Å². The standard InChI is InChI=1S/C25H38N4O3/c1-17(2)21(27-23(30)18(3)26-4)24(31)29-16-13-20-11-8-14-28(25(32)22(20)29)15-12-19-9-6-5-7-10-19/h5-7,9-10,17-18,20-22,26H,8,11-16H2,1-4H3,(H,27,30)/t18-,20?,21-,22+/m0/s1. The number of rotatable bonds is 8. The van der Waals surface area contributed by atoms with E-state index in [1.807, 2.05) is 36.9 Å². The Bertz CT molecular complexity index is 798. The normalized spacial score (nSPS) is 23.0. The summed E-state index contributed by atoms with van der Waals surface area (Å²) in [5.74, 6) is -0.140. The Morgan fingerprint density at radius 2 is 1.81 bits per heavy atom. The Hall–Kier alpha value is -2.41. The molecule has 32 heavy (non-hydrogen) atoms. The number of fused-ring (bicyclic) bond motifs is 1. The zero-order valence-corrected chi connectivity index (χ0v) is 19.8. The van der Waals surface area contributed by atoms with Crippen molar-refractivity contribution in [2.75, 3.05) is 26.7 Å². The van der Waals surface area contributed by atoms with E-state index in [2.05, 4.69) is 22.8 Å². The summed E-state index contributed by atoms with van der Waals surface area (Å²) < 4.78 is 0. The van der Waals surface area contributed by atoms with Crippen molar-refractivity contribution >= 4 is 17.7 Å². The van der Waals surface area contributed by atoms with Crippen LogP contribution in [-0.4, -0.2) is 72.3 Å². The third-order valence-corrected chi connectivity index (χ3v) is 6.94. The van der Waals surface area contributed by atoms with Gasteiger partial charge in [-0.25, -0.2) is 0 Å². The predicted octanol–water partition coefficient (Wildman–Crippen LogP) is 1.82. The van der Waals surface area contributed by atoms with Crippen LogP contribution in [0.25, 0.3) is 0 Å². The highest BCUT2D eigenvalue weighted by atomic mass is 16.2. The van der Waals surface area contributed by atoms with E-state index in [-0.39, 0.29) is 35.6 Å². The van der Waals surface area contributed by atoms with Crippen molar-refractivity contribution in [2.24, 2.45) is 11.8 Å². The fourth-order valence-electron chi connectivity index (χ4n) is 4.81. The second kappa shape index (κ2) is 10.9. The van der Waals surface area contributed by atoms with Gasteiger partial charge >= 0.3 is 0 Å². The fraction of sp³-hybridized carbons (Fsp3) is 0.640. The molecule has 1 unspecified atom stereocenters. The van der Waals surface area contributed by atoms with E-state index in [0.717, 1.165) is 32.2 Å². The molecule has 0 saturated carbocycles. The summed E-state index contributed by atoms with van der Waals surface area (Å²) in [7, 11) is 1.72. The second-order valence-electron chi connectivity index (χ2n) is 9.47. The Labute approximate surface area is 191 Å². The van der Waals surface area contributed by atoms with E-state index < -0.39 is 12.1 Å². The van der Waals surface area contributed by atoms with Gasteiger partial charge in [-0.3, -0.25) is 14.4 Å². The van der Waals surface area contributed by atoms with Gasteiger partial charge in [-0.2, -0.15) is 0 Å². The SMILES string of the molecule is CN[C@@H](C)C(=O)N[C@H](C(=O)N1CCC2CCCN(CCc3ccccc3)C(=O)[C@@H]21)C(C)C. The molecule has 2 saturated heterocycles. The number of likely N-dealkylation sites (tertiary alicyclic amines) is 2. The summed E-state index contributed by atoms with van der Waals surface area (Å²) in [6.07, 6.45) is 3.58. The average Bonchev–Trinajstić information content (AvgIpc) is 3.15. The van der Waals surface area contributed by atoms with Crippen molar-refractivity contribution in [3.63, 3.8) is 0 Å². The first-order valence-electron chi connectivity index (χ1n) is 11.9. The largest absolute Gasteiger partial charge is 0.343 e. The fourth-order valence-corrected chi connectivity index (χ4v) is 4.81. The van der Waals surface area contributed by atoms with Gasteiger partial charge in [0.05, 0.1) is 6.04 Å². The van der Waals surface area contributed by atoms with E-state index in [1.54, 1.807) is 18.9 Å². The summed E-state index contributed by atoms with van der Waals surface area (Å²) >= 11 is 0. The summed E-state index contributed by atoms with van der Waals surface area (Å²) in [5.41, 5.74) is 1.21. The van der Waals surface area contributed by atoms with Gasteiger partial charge in [-0.15, -0.1) is 0 Å². The molecular formula is C25H38N4O3. The Morgan fingerprint density at radius 1 is 1.09 bits per heavy atom. The van der Waals surface area contributed by atoms with Crippen LogP contribution in [0.1, 0.15) is 45.6 Å². The van der Waals surface area contributed by atoms with Crippen LogP contribution < -0.4 is 10.6 Å². The highest BCUT2D eigenvalue weighted by Crippen LogP contribution is 2.33. The van der Waals surface area contributed by atoms with Crippen LogP contribution in [0, 0.1) is 11.8 Å². The molecule has 0 bridgehead atoms. The Balaban J connectivity index is 1.73. The lowest BCUT2D eigenvalue weighted by Crippen LogP contribution is -2.58. The third-order valence-electron chi connectivity index (χ3n) is 6.94. The van der Waals surface area contributed by atoms with Gasteiger partial charge in [0.15, 0.2) is 0 Å². The molecule has 4 atom stereocenters. The van der Waals surface area contributed by atoms with Gasteiger partial charge < -0.3 is 20.4 Å². The number of amides is 3. The van der Waals surface area contributed by atoms with Gasteiger partial charge in [0.1, 0.15) is 12.1 Å². The molecule has 176 valence electrons. The van der Waals surface area contributed by atoms with Crippen LogP contribution in [0.2, 0.25) is 0 Å². The maximum atomic E-state index is 13.6. The predicted molar refractivity (Wildman–Crippen MR) is 125 cm³/mol. The molecule has 7 heteroatoms. The van der Waals surface area contributed by atoms with Crippen LogP contribution in [-0.2, 0) is 20.8 Å². The summed E-state index contributed by atoms with van der Waals surface area (Å²) in [5, 5.41) is 5.82. The smallest absolute Gasteiger partial charge is 0.246 e. The van der Waals surface area contributed by atoms with Crippen molar-refractivity contribution in [1.29, 1.82) is 0 Å². The van der Waals surface area contributed by atoms with E-state index in [9.17, 15) is 14.4 Å². The van der Waals surface area contributed by atoms with E-state index in [4.69, 9.17) is 0 Å². The first-order chi connectivity index (χ1) is 15.3. The molecule has 1 aromatic rings. The number of nitrogens with zero attached hydrogens (tertiary/aromatic N) is 2. The first-order valence-corrected chi connectivity index (χ1v) is 11.9. The molecule has 1 aromatic carbocycles. The average molecular weight is 443 g/mol. The van der Waals surface area contributed by atoms with Crippen molar-refractivity contribution in [3.8, 4) is 0 Å². The van der Waals surface area contributed by atoms with Crippen LogP contribution in [0.4, 0.5) is 0 Å². The molecule has 0 aromatic heterocycles. The molecule has 3 amide bonds. The van der Waals surface area contributed by atoms with Crippen molar-refractivity contribution in [3.05, 3.63) is 35.9 Å². The van der Waals surface area contributed by atoms with Crippen molar-refractivity contribution in [1.82, 2.24) is 20.4 Å². The third kappa shape index (κ3) is 5.49. The van der Waals surface area contributed by atoms with E-state index in [1.165, 1.54) is 5.56 Å². The topological polar surface area (TPSA) is 81.8 Å². The van der Waals surface area contributed by atoms with Crippen LogP contribution in [0.3, 0.4) is 0 Å². The number of benzene rings is 1. The molecule has 0 radical (unpaired) electrons. The summed E-state index contributed by atoms with van der Waals surface area (Å²) in [6, 6.07) is 8.76. The first kappa shape index (κ1) is 24.2. The molecule has 3 rings (SSSR count). The lowest BCUT2D eigenvalue weighted by atomic mass is 9.95.